The number of rotatable bonds is 13. The molecular weight excluding hydrogens is 474 g/mol. The average Bonchev–Trinajstić information content (AvgIpc) is 2.90. The first kappa shape index (κ1) is 27.4. The maximum atomic E-state index is 12.3. The molecule has 0 aliphatic heterocycles. The van der Waals surface area contributed by atoms with E-state index in [0.717, 1.165) is 47.4 Å². The number of fused-ring (bicyclic) bond motifs is 1. The molecule has 3 aromatic carbocycles. The van der Waals surface area contributed by atoms with Gasteiger partial charge in [0.1, 0.15) is 6.61 Å². The molecule has 0 fully saturated rings. The van der Waals surface area contributed by atoms with E-state index in [2.05, 4.69) is 10.6 Å². The molecule has 0 spiro atoms. The predicted octanol–water partition coefficient (Wildman–Crippen LogP) is 4.71. The predicted molar refractivity (Wildman–Crippen MR) is 140 cm³/mol. The second-order valence-electron chi connectivity index (χ2n) is 8.41. The van der Waals surface area contributed by atoms with E-state index in [0.29, 0.717) is 29.8 Å². The number of carbonyl (C=O) groups excluding carboxylic acids is 2. The third kappa shape index (κ3) is 9.40. The Hall–Kier alpha value is -4.21. The Morgan fingerprint density at radius 2 is 1.59 bits per heavy atom. The molecule has 0 heterocycles. The number of unbranched alkanes of at least 4 members (excludes halogenated alkanes) is 2. The molecule has 3 rings (SSSR count). The van der Waals surface area contributed by atoms with Crippen LogP contribution in [0.15, 0.2) is 78.9 Å². The molecule has 0 aliphatic rings. The maximum absolute atomic E-state index is 12.3. The van der Waals surface area contributed by atoms with Gasteiger partial charge in [-0.2, -0.15) is 0 Å². The second kappa shape index (κ2) is 14.4. The number of aliphatic carboxylic acids is 1. The number of hydrogen-bond donors (Lipinski definition) is 4. The molecular formula is C28H31N3O6. The lowest BCUT2D eigenvalue weighted by Crippen LogP contribution is -2.27. The number of hydrogen-bond acceptors (Lipinski definition) is 6. The van der Waals surface area contributed by atoms with Gasteiger partial charge in [-0.1, -0.05) is 67.1 Å². The monoisotopic (exact) mass is 505 g/mol. The number of carbonyl (C=O) groups is 3. The van der Waals surface area contributed by atoms with Crippen LogP contribution in [0.25, 0.3) is 10.8 Å². The zero-order valence-electron chi connectivity index (χ0n) is 20.4. The van der Waals surface area contributed by atoms with Crippen LogP contribution in [0.3, 0.4) is 0 Å². The fraction of sp³-hybridized carbons (Fsp3) is 0.250. The number of benzene rings is 3. The number of amides is 2. The number of carboxylic acids is 1. The molecule has 9 heteroatoms. The summed E-state index contributed by atoms with van der Waals surface area (Å²) in [4.78, 5) is 34.1. The molecule has 0 unspecified atom stereocenters. The first-order valence-corrected chi connectivity index (χ1v) is 12.0. The third-order valence-corrected chi connectivity index (χ3v) is 5.59. The van der Waals surface area contributed by atoms with Crippen molar-refractivity contribution in [3.63, 3.8) is 0 Å². The summed E-state index contributed by atoms with van der Waals surface area (Å²) in [7, 11) is 0. The van der Waals surface area contributed by atoms with Gasteiger partial charge in [0.15, 0.2) is 0 Å². The minimum Gasteiger partial charge on any atom is -0.478 e. The summed E-state index contributed by atoms with van der Waals surface area (Å²) >= 11 is 0. The first-order valence-electron chi connectivity index (χ1n) is 12.0. The summed E-state index contributed by atoms with van der Waals surface area (Å²) in [5.74, 6) is -1.99. The molecule has 0 bridgehead atoms. The molecule has 0 saturated carbocycles. The van der Waals surface area contributed by atoms with E-state index in [1.807, 2.05) is 66.7 Å². The molecule has 0 radical (unpaired) electrons. The van der Waals surface area contributed by atoms with E-state index in [1.54, 1.807) is 0 Å². The van der Waals surface area contributed by atoms with Crippen molar-refractivity contribution in [3.8, 4) is 0 Å². The number of ether oxygens (including phenoxy) is 1. The summed E-state index contributed by atoms with van der Waals surface area (Å²) in [6.07, 6.45) is 3.28. The molecule has 3 aromatic rings. The van der Waals surface area contributed by atoms with E-state index >= 15 is 0 Å². The van der Waals surface area contributed by atoms with Crippen LogP contribution >= 0.6 is 0 Å². The highest BCUT2D eigenvalue weighted by atomic mass is 16.5. The largest absolute Gasteiger partial charge is 0.478 e. The van der Waals surface area contributed by atoms with E-state index in [-0.39, 0.29) is 13.2 Å². The molecule has 0 aliphatic carbocycles. The number of nitrogens with zero attached hydrogens (tertiary/aromatic N) is 1. The average molecular weight is 506 g/mol. The quantitative estimate of drug-likeness (QED) is 0.115. The summed E-state index contributed by atoms with van der Waals surface area (Å²) < 4.78 is 5.37. The van der Waals surface area contributed by atoms with Crippen molar-refractivity contribution in [1.82, 2.24) is 10.4 Å². The molecule has 37 heavy (non-hydrogen) atoms. The van der Waals surface area contributed by atoms with Crippen molar-refractivity contribution in [1.29, 1.82) is 0 Å². The van der Waals surface area contributed by atoms with E-state index in [9.17, 15) is 19.6 Å². The lowest BCUT2D eigenvalue weighted by Gasteiger charge is -2.12. The highest BCUT2D eigenvalue weighted by Crippen LogP contribution is 2.23. The van der Waals surface area contributed by atoms with Crippen molar-refractivity contribution in [3.05, 3.63) is 90.0 Å². The van der Waals surface area contributed by atoms with Crippen LogP contribution in [0.4, 0.5) is 10.5 Å². The van der Waals surface area contributed by atoms with Crippen molar-refractivity contribution >= 4 is 34.4 Å². The summed E-state index contributed by atoms with van der Waals surface area (Å²) in [6, 6.07) is 21.4. The van der Waals surface area contributed by atoms with Gasteiger partial charge in [-0.15, -0.1) is 0 Å². The number of anilines is 1. The Morgan fingerprint density at radius 3 is 2.38 bits per heavy atom. The van der Waals surface area contributed by atoms with Gasteiger partial charge in [-0.05, 0) is 42.0 Å². The summed E-state index contributed by atoms with van der Waals surface area (Å²) in [6.45, 7) is 1.78. The van der Waals surface area contributed by atoms with E-state index in [1.165, 1.54) is 0 Å². The van der Waals surface area contributed by atoms with Gasteiger partial charge >= 0.3 is 12.1 Å². The van der Waals surface area contributed by atoms with Crippen LogP contribution in [-0.4, -0.2) is 46.4 Å². The van der Waals surface area contributed by atoms with Crippen molar-refractivity contribution < 1.29 is 29.4 Å². The molecule has 0 atom stereocenters. The van der Waals surface area contributed by atoms with E-state index in [4.69, 9.17) is 9.84 Å². The van der Waals surface area contributed by atoms with Gasteiger partial charge < -0.3 is 15.2 Å². The fourth-order valence-electron chi connectivity index (χ4n) is 3.64. The third-order valence-electron chi connectivity index (χ3n) is 5.59. The van der Waals surface area contributed by atoms with Crippen LogP contribution in [0.1, 0.15) is 30.4 Å². The van der Waals surface area contributed by atoms with Crippen LogP contribution in [-0.2, 0) is 27.5 Å². The number of carboxylic acid groups (broad SMARTS) is 1. The molecule has 0 aromatic heterocycles. The fourth-order valence-corrected chi connectivity index (χ4v) is 3.64. The summed E-state index contributed by atoms with van der Waals surface area (Å²) in [5.41, 5.74) is 2.69. The minimum atomic E-state index is -1.24. The molecule has 9 nitrogen and oxygen atoms in total. The lowest BCUT2D eigenvalue weighted by molar-refractivity contribution is -0.159. The van der Waals surface area contributed by atoms with Gasteiger partial charge in [0.2, 0.25) is 0 Å². The van der Waals surface area contributed by atoms with Gasteiger partial charge in [0.25, 0.3) is 5.91 Å². The summed E-state index contributed by atoms with van der Waals surface area (Å²) in [5, 5.41) is 26.7. The highest BCUT2D eigenvalue weighted by molar-refractivity contribution is 6.00. The SMILES string of the molecule is O=C(O)/C=C/C(=O)N(O)CCCCCNCc1ccc(COC(=O)Nc2cccc3ccccc23)cc1. The normalized spacial score (nSPS) is 10.9. The Kier molecular flexibility index (Phi) is 10.6. The van der Waals surface area contributed by atoms with Gasteiger partial charge in [0.05, 0.1) is 5.69 Å². The van der Waals surface area contributed by atoms with Crippen molar-refractivity contribution in [2.24, 2.45) is 0 Å². The Morgan fingerprint density at radius 1 is 0.865 bits per heavy atom. The topological polar surface area (TPSA) is 128 Å². The van der Waals surface area contributed by atoms with Crippen molar-refractivity contribution in [2.75, 3.05) is 18.4 Å². The van der Waals surface area contributed by atoms with Crippen LogP contribution in [0.5, 0.6) is 0 Å². The number of nitrogens with one attached hydrogen (secondary N) is 2. The molecule has 4 N–H and O–H groups in total. The second-order valence-corrected chi connectivity index (χ2v) is 8.41. The lowest BCUT2D eigenvalue weighted by atomic mass is 10.1. The maximum Gasteiger partial charge on any atom is 0.411 e. The smallest absolute Gasteiger partial charge is 0.411 e. The zero-order valence-corrected chi connectivity index (χ0v) is 20.4. The Balaban J connectivity index is 1.29. The Labute approximate surface area is 215 Å². The first-order chi connectivity index (χ1) is 17.9. The van der Waals surface area contributed by atoms with Crippen molar-refractivity contribution in [2.45, 2.75) is 32.4 Å². The van der Waals surface area contributed by atoms with Crippen LogP contribution in [0, 0.1) is 0 Å². The highest BCUT2D eigenvalue weighted by Gasteiger charge is 2.08. The number of hydroxylamine groups is 2. The van der Waals surface area contributed by atoms with E-state index < -0.39 is 18.0 Å². The molecule has 2 amide bonds. The molecule has 194 valence electrons. The minimum absolute atomic E-state index is 0.145. The standard InChI is InChI=1S/C28H31N3O6/c32-26(15-16-27(33)34)31(36)18-5-1-4-17-29-19-21-11-13-22(14-12-21)20-37-28(35)30-25-10-6-8-23-7-2-3-9-24(23)25/h2-3,6-16,29,36H,1,4-5,17-20H2,(H,30,35)(H,33,34)/b16-15+. The van der Waals surface area contributed by atoms with Crippen LogP contribution in [0.2, 0.25) is 0 Å². The van der Waals surface area contributed by atoms with Crippen LogP contribution < -0.4 is 10.6 Å². The molecule has 0 saturated heterocycles. The zero-order chi connectivity index (χ0) is 26.5. The van der Waals surface area contributed by atoms with Gasteiger partial charge in [0, 0.05) is 30.6 Å². The van der Waals surface area contributed by atoms with Gasteiger partial charge in [-0.3, -0.25) is 15.3 Å². The van der Waals surface area contributed by atoms with Gasteiger partial charge in [-0.25, -0.2) is 14.7 Å². The Bertz CT molecular complexity index is 1220.